The van der Waals surface area contributed by atoms with Gasteiger partial charge >= 0.3 is 11.3 Å². The highest BCUT2D eigenvalue weighted by Gasteiger charge is 2.28. The number of fused-ring (bicyclic) bond motifs is 9. The summed E-state index contributed by atoms with van der Waals surface area (Å²) in [5, 5.41) is 18.5. The molecule has 0 aliphatic rings. The Morgan fingerprint density at radius 1 is 0.324 bits per heavy atom. The first-order valence-corrected chi connectivity index (χ1v) is 12.5. The lowest BCUT2D eigenvalue weighted by Crippen LogP contribution is -1.99. The molecule has 37 heavy (non-hydrogen) atoms. The van der Waals surface area contributed by atoms with E-state index in [1.807, 2.05) is 12.1 Å². The Hall–Kier alpha value is -5.02. The van der Waals surface area contributed by atoms with Crippen molar-refractivity contribution in [3.05, 3.63) is 106 Å². The molecule has 0 saturated heterocycles. The summed E-state index contributed by atoms with van der Waals surface area (Å²) >= 11 is 0. The lowest BCUT2D eigenvalue weighted by molar-refractivity contribution is 0.500. The molecule has 0 atom stereocenters. The zero-order chi connectivity index (χ0) is 24.2. The first-order valence-electron chi connectivity index (χ1n) is 12.5. The third-order valence-corrected chi connectivity index (χ3v) is 8.73. The van der Waals surface area contributed by atoms with Crippen molar-refractivity contribution < 1.29 is 4.42 Å². The van der Waals surface area contributed by atoms with Crippen molar-refractivity contribution >= 4 is 97.0 Å². The van der Waals surface area contributed by atoms with E-state index in [2.05, 4.69) is 72.8 Å². The highest BCUT2D eigenvalue weighted by molar-refractivity contribution is 6.54. The molecule has 1 heterocycles. The van der Waals surface area contributed by atoms with Crippen LogP contribution in [0.5, 0.6) is 0 Å². The third-order valence-electron chi connectivity index (χ3n) is 8.73. The molecule has 0 saturated carbocycles. The van der Waals surface area contributed by atoms with Crippen LogP contribution in [-0.4, -0.2) is 0 Å². The van der Waals surface area contributed by atoms with Crippen LogP contribution in [0.4, 0.5) is 0 Å². The average molecular weight is 470 g/mol. The van der Waals surface area contributed by atoms with E-state index in [4.69, 9.17) is 4.42 Å². The number of hydrogen-bond donors (Lipinski definition) is 0. The monoisotopic (exact) mass is 470 g/mol. The summed E-state index contributed by atoms with van der Waals surface area (Å²) in [5.41, 5.74) is -1.11. The minimum atomic E-state index is -0.555. The second-order valence-corrected chi connectivity index (χ2v) is 10.3. The fourth-order valence-electron chi connectivity index (χ4n) is 7.46. The molecule has 0 spiro atoms. The summed E-state index contributed by atoms with van der Waals surface area (Å²) in [4.78, 5) is 26.4. The molecule has 9 aromatic carbocycles. The summed E-state index contributed by atoms with van der Waals surface area (Å²) in [7, 11) is 0. The van der Waals surface area contributed by atoms with Crippen LogP contribution in [0.1, 0.15) is 0 Å². The van der Waals surface area contributed by atoms with Crippen molar-refractivity contribution in [3.8, 4) is 0 Å². The van der Waals surface area contributed by atoms with E-state index in [-0.39, 0.29) is 0 Å². The molecule has 0 bridgehead atoms. The molecule has 0 amide bonds. The van der Waals surface area contributed by atoms with Gasteiger partial charge in [-0.3, -0.25) is 0 Å². The zero-order valence-electron chi connectivity index (χ0n) is 19.3. The average Bonchev–Trinajstić information content (AvgIpc) is 3.24. The Labute approximate surface area is 207 Å². The van der Waals surface area contributed by atoms with Crippen LogP contribution in [-0.2, 0) is 0 Å². The van der Waals surface area contributed by atoms with E-state index in [0.29, 0.717) is 10.8 Å². The van der Waals surface area contributed by atoms with Gasteiger partial charge in [0.2, 0.25) is 0 Å². The van der Waals surface area contributed by atoms with Crippen LogP contribution in [0.2, 0.25) is 0 Å². The van der Waals surface area contributed by atoms with Gasteiger partial charge in [-0.05, 0) is 75.4 Å². The van der Waals surface area contributed by atoms with Gasteiger partial charge in [0.25, 0.3) is 0 Å². The largest absolute Gasteiger partial charge is 0.386 e. The van der Waals surface area contributed by atoms with Gasteiger partial charge in [-0.15, -0.1) is 0 Å². The fraction of sp³-hybridized carbons (Fsp3) is 0. The van der Waals surface area contributed by atoms with Crippen molar-refractivity contribution in [2.75, 3.05) is 0 Å². The normalized spacial score (nSPS) is 13.1. The zero-order valence-corrected chi connectivity index (χ0v) is 19.3. The summed E-state index contributed by atoms with van der Waals surface area (Å²) < 4.78 is 5.27. The first-order chi connectivity index (χ1) is 18.2. The van der Waals surface area contributed by atoms with Gasteiger partial charge in [-0.25, -0.2) is 9.59 Å². The number of rotatable bonds is 0. The molecule has 0 aliphatic heterocycles. The lowest BCUT2D eigenvalue weighted by atomic mass is 9.78. The van der Waals surface area contributed by atoms with Crippen LogP contribution >= 0.6 is 0 Å². The van der Waals surface area contributed by atoms with Crippen molar-refractivity contribution in [1.82, 2.24) is 0 Å². The summed E-state index contributed by atoms with van der Waals surface area (Å²) in [6, 6.07) is 29.8. The van der Waals surface area contributed by atoms with Gasteiger partial charge < -0.3 is 4.42 Å². The molecule has 168 valence electrons. The molecule has 10 aromatic rings. The maximum absolute atomic E-state index is 13.3. The Balaban J connectivity index is 1.82. The predicted octanol–water partition coefficient (Wildman–Crippen LogP) is 8.13. The van der Waals surface area contributed by atoms with E-state index in [9.17, 15) is 9.59 Å². The molecule has 3 heteroatoms. The van der Waals surface area contributed by atoms with Crippen LogP contribution in [0.25, 0.3) is 97.0 Å². The van der Waals surface area contributed by atoms with Crippen molar-refractivity contribution in [2.24, 2.45) is 0 Å². The number of hydrogen-bond acceptors (Lipinski definition) is 3. The van der Waals surface area contributed by atoms with Crippen molar-refractivity contribution in [1.29, 1.82) is 0 Å². The summed E-state index contributed by atoms with van der Waals surface area (Å²) in [6.07, 6.45) is 0. The van der Waals surface area contributed by atoms with E-state index in [1.54, 1.807) is 0 Å². The maximum Gasteiger partial charge on any atom is 0.347 e. The molecule has 3 nitrogen and oxygen atoms in total. The SMILES string of the molecule is O=c1oc(=O)c2c1c1ccc3ccc4ccc5c6ccccc6c6c7ccccc7c2c2c1c3c4c5c62. The smallest absolute Gasteiger partial charge is 0.347 e. The van der Waals surface area contributed by atoms with Gasteiger partial charge in [0.15, 0.2) is 0 Å². The maximum atomic E-state index is 13.3. The second kappa shape index (κ2) is 5.69. The van der Waals surface area contributed by atoms with Crippen LogP contribution in [0.3, 0.4) is 0 Å². The standard InChI is InChI=1S/C34H14O3/c35-33-29-22-14-12-16-10-9-15-11-13-21-17-5-1-2-6-18(17)25-19-7-3-4-8-20(19)27(32(29)34(36)37-33)31-28(22)24(16)23(15)26(21)30(25)31/h1-14H. The van der Waals surface area contributed by atoms with Crippen LogP contribution in [0, 0.1) is 0 Å². The molecule has 0 unspecified atom stereocenters. The third kappa shape index (κ3) is 1.81. The highest BCUT2D eigenvalue weighted by atomic mass is 16.4. The van der Waals surface area contributed by atoms with E-state index >= 15 is 0 Å². The van der Waals surface area contributed by atoms with Crippen LogP contribution in [0.15, 0.2) is 98.9 Å². The fourth-order valence-corrected chi connectivity index (χ4v) is 7.46. The Bertz CT molecular complexity index is 2710. The molecule has 0 aliphatic carbocycles. The quantitative estimate of drug-likeness (QED) is 0.166. The molecule has 0 N–H and O–H groups in total. The van der Waals surface area contributed by atoms with Crippen molar-refractivity contribution in [3.63, 3.8) is 0 Å². The molecule has 10 rings (SSSR count). The first kappa shape index (κ1) is 18.3. The minimum Gasteiger partial charge on any atom is -0.386 e. The minimum absolute atomic E-state index is 0.396. The molecular formula is C34H14O3. The lowest BCUT2D eigenvalue weighted by Gasteiger charge is -2.23. The Morgan fingerprint density at radius 2 is 0.757 bits per heavy atom. The topological polar surface area (TPSA) is 47.3 Å². The van der Waals surface area contributed by atoms with Gasteiger partial charge in [0, 0.05) is 10.8 Å². The molecular weight excluding hydrogens is 456 g/mol. The van der Waals surface area contributed by atoms with E-state index < -0.39 is 11.3 Å². The molecule has 1 aromatic heterocycles. The van der Waals surface area contributed by atoms with Gasteiger partial charge in [-0.2, -0.15) is 0 Å². The molecule has 0 fully saturated rings. The van der Waals surface area contributed by atoms with Gasteiger partial charge in [-0.1, -0.05) is 84.9 Å². The van der Waals surface area contributed by atoms with Gasteiger partial charge in [0.1, 0.15) is 0 Å². The van der Waals surface area contributed by atoms with E-state index in [0.717, 1.165) is 43.1 Å². The number of furan rings is 1. The highest BCUT2D eigenvalue weighted by Crippen LogP contribution is 2.54. The Kier molecular flexibility index (Phi) is 2.81. The Morgan fingerprint density at radius 3 is 1.46 bits per heavy atom. The van der Waals surface area contributed by atoms with E-state index in [1.165, 1.54) is 43.1 Å². The predicted molar refractivity (Wildman–Crippen MR) is 154 cm³/mol. The summed E-state index contributed by atoms with van der Waals surface area (Å²) in [5.74, 6) is 0. The van der Waals surface area contributed by atoms with Gasteiger partial charge in [0.05, 0.1) is 10.8 Å². The summed E-state index contributed by atoms with van der Waals surface area (Å²) in [6.45, 7) is 0. The van der Waals surface area contributed by atoms with Crippen LogP contribution < -0.4 is 11.3 Å². The number of benzene rings is 9. The molecule has 0 radical (unpaired) electrons. The van der Waals surface area contributed by atoms with Crippen molar-refractivity contribution in [2.45, 2.75) is 0 Å². The second-order valence-electron chi connectivity index (χ2n) is 10.3.